The van der Waals surface area contributed by atoms with Crippen molar-refractivity contribution in [1.29, 1.82) is 0 Å². The molecule has 0 aliphatic carbocycles. The summed E-state index contributed by atoms with van der Waals surface area (Å²) in [6, 6.07) is 8.16. The Morgan fingerprint density at radius 1 is 1.03 bits per heavy atom. The van der Waals surface area contributed by atoms with Crippen LogP contribution in [0.2, 0.25) is 0 Å². The highest BCUT2D eigenvalue weighted by Crippen LogP contribution is 2.25. The van der Waals surface area contributed by atoms with Gasteiger partial charge in [-0.2, -0.15) is 0 Å². The van der Waals surface area contributed by atoms with Gasteiger partial charge in [0.2, 0.25) is 5.95 Å². The molecule has 9 nitrogen and oxygen atoms in total. The number of piperazine rings is 1. The zero-order chi connectivity index (χ0) is 19.8. The molecular formula is C20H23N9. The number of hydrogen-bond acceptors (Lipinski definition) is 8. The third kappa shape index (κ3) is 3.33. The first kappa shape index (κ1) is 17.7. The Labute approximate surface area is 168 Å². The van der Waals surface area contributed by atoms with Crippen LogP contribution < -0.4 is 15.5 Å². The second-order valence-electron chi connectivity index (χ2n) is 7.46. The Bertz CT molecular complexity index is 1140. The molecule has 0 saturated carbocycles. The molecule has 1 aromatic carbocycles. The van der Waals surface area contributed by atoms with Gasteiger partial charge in [0.1, 0.15) is 22.4 Å². The predicted molar refractivity (Wildman–Crippen MR) is 114 cm³/mol. The second kappa shape index (κ2) is 7.25. The van der Waals surface area contributed by atoms with Gasteiger partial charge in [0.25, 0.3) is 0 Å². The van der Waals surface area contributed by atoms with Gasteiger partial charge >= 0.3 is 0 Å². The summed E-state index contributed by atoms with van der Waals surface area (Å²) in [4.78, 5) is 16.1. The lowest BCUT2D eigenvalue weighted by Gasteiger charge is -2.29. The third-order valence-corrected chi connectivity index (χ3v) is 5.14. The number of hydrogen-bond donors (Lipinski definition) is 2. The van der Waals surface area contributed by atoms with Crippen LogP contribution in [-0.4, -0.2) is 56.1 Å². The highest BCUT2D eigenvalue weighted by molar-refractivity contribution is 6.01. The smallest absolute Gasteiger partial charge is 0.228 e. The molecule has 1 aliphatic heterocycles. The summed E-state index contributed by atoms with van der Waals surface area (Å²) in [5, 5.41) is 16.1. The Balaban J connectivity index is 1.46. The molecule has 3 aromatic heterocycles. The molecule has 1 aliphatic rings. The molecule has 0 spiro atoms. The molecule has 0 amide bonds. The number of rotatable bonds is 4. The van der Waals surface area contributed by atoms with Gasteiger partial charge in [-0.1, -0.05) is 5.21 Å². The largest absolute Gasteiger partial charge is 0.368 e. The second-order valence-corrected chi connectivity index (χ2v) is 7.46. The van der Waals surface area contributed by atoms with Crippen LogP contribution in [-0.2, 0) is 0 Å². The van der Waals surface area contributed by atoms with Crippen molar-refractivity contribution in [2.24, 2.45) is 0 Å². The molecular weight excluding hydrogens is 366 g/mol. The van der Waals surface area contributed by atoms with E-state index in [0.29, 0.717) is 11.8 Å². The van der Waals surface area contributed by atoms with E-state index in [0.717, 1.165) is 53.8 Å². The summed E-state index contributed by atoms with van der Waals surface area (Å²) in [6.45, 7) is 8.16. The molecule has 1 saturated heterocycles. The average Bonchev–Trinajstić information content (AvgIpc) is 3.20. The molecule has 148 valence electrons. The van der Waals surface area contributed by atoms with E-state index >= 15 is 0 Å². The summed E-state index contributed by atoms with van der Waals surface area (Å²) in [5.41, 5.74) is 3.71. The Hall–Kier alpha value is -3.33. The highest BCUT2D eigenvalue weighted by atomic mass is 15.4. The number of nitrogens with one attached hydrogen (secondary N) is 2. The van der Waals surface area contributed by atoms with E-state index in [1.165, 1.54) is 0 Å². The molecule has 0 atom stereocenters. The Morgan fingerprint density at radius 2 is 1.90 bits per heavy atom. The summed E-state index contributed by atoms with van der Waals surface area (Å²) in [7, 11) is 0. The maximum absolute atomic E-state index is 4.74. The molecule has 29 heavy (non-hydrogen) atoms. The van der Waals surface area contributed by atoms with Crippen LogP contribution in [0.3, 0.4) is 0 Å². The third-order valence-electron chi connectivity index (χ3n) is 5.14. The van der Waals surface area contributed by atoms with Crippen molar-refractivity contribution < 1.29 is 0 Å². The van der Waals surface area contributed by atoms with E-state index < -0.39 is 0 Å². The minimum atomic E-state index is 0.191. The van der Waals surface area contributed by atoms with E-state index in [-0.39, 0.29) is 6.04 Å². The quantitative estimate of drug-likeness (QED) is 0.550. The molecule has 0 bridgehead atoms. The summed E-state index contributed by atoms with van der Waals surface area (Å²) < 4.78 is 1.90. The number of nitrogens with zero attached hydrogens (tertiary/aromatic N) is 7. The van der Waals surface area contributed by atoms with E-state index in [9.17, 15) is 0 Å². The van der Waals surface area contributed by atoms with Crippen molar-refractivity contribution in [3.05, 3.63) is 36.7 Å². The molecule has 0 unspecified atom stereocenters. The fraction of sp³-hybridized carbons (Fsp3) is 0.350. The fourth-order valence-corrected chi connectivity index (χ4v) is 3.63. The molecule has 5 rings (SSSR count). The van der Waals surface area contributed by atoms with Crippen LogP contribution in [0.5, 0.6) is 0 Å². The lowest BCUT2D eigenvalue weighted by molar-refractivity contribution is 0.531. The van der Waals surface area contributed by atoms with Crippen molar-refractivity contribution in [1.82, 2.24) is 35.3 Å². The number of aromatic nitrogens is 6. The predicted octanol–water partition coefficient (Wildman–Crippen LogP) is 2.50. The minimum absolute atomic E-state index is 0.191. The maximum Gasteiger partial charge on any atom is 0.228 e. The SMILES string of the molecule is CC(C)n1nnc2ccc3cnc(Nc4ccc(N5CCNCC5)cn4)nc3c21. The van der Waals surface area contributed by atoms with Gasteiger partial charge in [0.05, 0.1) is 11.9 Å². The van der Waals surface area contributed by atoms with E-state index in [4.69, 9.17) is 4.98 Å². The molecule has 1 fully saturated rings. The van der Waals surface area contributed by atoms with Crippen LogP contribution >= 0.6 is 0 Å². The van der Waals surface area contributed by atoms with Gasteiger partial charge in [-0.3, -0.25) is 0 Å². The van der Waals surface area contributed by atoms with Crippen LogP contribution in [0.15, 0.2) is 36.7 Å². The van der Waals surface area contributed by atoms with E-state index in [1.54, 1.807) is 0 Å². The van der Waals surface area contributed by atoms with Crippen LogP contribution in [0, 0.1) is 0 Å². The van der Waals surface area contributed by atoms with Crippen LogP contribution in [0.4, 0.5) is 17.5 Å². The first-order valence-electron chi connectivity index (χ1n) is 9.88. The molecule has 0 radical (unpaired) electrons. The molecule has 9 heteroatoms. The highest BCUT2D eigenvalue weighted by Gasteiger charge is 2.14. The van der Waals surface area contributed by atoms with Crippen LogP contribution in [0.1, 0.15) is 19.9 Å². The van der Waals surface area contributed by atoms with Crippen molar-refractivity contribution in [3.63, 3.8) is 0 Å². The zero-order valence-electron chi connectivity index (χ0n) is 16.5. The monoisotopic (exact) mass is 389 g/mol. The fourth-order valence-electron chi connectivity index (χ4n) is 3.63. The summed E-state index contributed by atoms with van der Waals surface area (Å²) >= 11 is 0. The zero-order valence-corrected chi connectivity index (χ0v) is 16.5. The standard InChI is InChI=1S/C20H23N9/c1-13(2)29-19-16(26-27-29)5-3-14-11-23-20(25-18(14)19)24-17-6-4-15(12-22-17)28-9-7-21-8-10-28/h3-6,11-13,21H,7-10H2,1-2H3,(H,22,23,24,25). The van der Waals surface area contributed by atoms with Gasteiger partial charge in [-0.25, -0.2) is 19.6 Å². The molecule has 4 heterocycles. The number of pyridine rings is 1. The first-order chi connectivity index (χ1) is 14.2. The van der Waals surface area contributed by atoms with Crippen molar-refractivity contribution in [2.45, 2.75) is 19.9 Å². The molecule has 4 aromatic rings. The van der Waals surface area contributed by atoms with Crippen LogP contribution in [0.25, 0.3) is 21.9 Å². The topological polar surface area (TPSA) is 96.7 Å². The van der Waals surface area contributed by atoms with Crippen molar-refractivity contribution >= 4 is 39.4 Å². The van der Waals surface area contributed by atoms with Gasteiger partial charge < -0.3 is 15.5 Å². The van der Waals surface area contributed by atoms with Crippen molar-refractivity contribution in [3.8, 4) is 0 Å². The summed E-state index contributed by atoms with van der Waals surface area (Å²) in [6.07, 6.45) is 3.71. The normalized spacial score (nSPS) is 14.8. The van der Waals surface area contributed by atoms with E-state index in [1.807, 2.05) is 35.3 Å². The van der Waals surface area contributed by atoms with Gasteiger partial charge in [-0.15, -0.1) is 5.10 Å². The van der Waals surface area contributed by atoms with E-state index in [2.05, 4.69) is 55.7 Å². The van der Waals surface area contributed by atoms with Crippen molar-refractivity contribution in [2.75, 3.05) is 36.4 Å². The minimum Gasteiger partial charge on any atom is -0.368 e. The first-order valence-corrected chi connectivity index (χ1v) is 9.88. The Kier molecular flexibility index (Phi) is 4.44. The number of anilines is 3. The van der Waals surface area contributed by atoms with Gasteiger partial charge in [-0.05, 0) is 38.1 Å². The lowest BCUT2D eigenvalue weighted by atomic mass is 10.2. The lowest BCUT2D eigenvalue weighted by Crippen LogP contribution is -2.43. The van der Waals surface area contributed by atoms with Gasteiger partial charge in [0, 0.05) is 43.8 Å². The molecule has 2 N–H and O–H groups in total. The van der Waals surface area contributed by atoms with Gasteiger partial charge in [0.15, 0.2) is 0 Å². The summed E-state index contributed by atoms with van der Waals surface area (Å²) in [5.74, 6) is 1.22. The number of fused-ring (bicyclic) bond motifs is 3. The Morgan fingerprint density at radius 3 is 2.66 bits per heavy atom. The maximum atomic E-state index is 4.74. The number of benzene rings is 1. The average molecular weight is 389 g/mol.